The summed E-state index contributed by atoms with van der Waals surface area (Å²) < 4.78 is 38.5. The first-order valence-corrected chi connectivity index (χ1v) is 10.1. The Balaban J connectivity index is 1.42. The number of sulfonamides is 1. The minimum Gasteiger partial charge on any atom is -0.379 e. The summed E-state index contributed by atoms with van der Waals surface area (Å²) in [7, 11) is -3.40. The smallest absolute Gasteiger partial charge is 0.236 e. The lowest BCUT2D eigenvalue weighted by Crippen LogP contribution is -2.28. The van der Waals surface area contributed by atoms with Gasteiger partial charge in [0.05, 0.1) is 17.6 Å². The van der Waals surface area contributed by atoms with E-state index in [0.717, 1.165) is 31.4 Å². The average Bonchev–Trinajstić information content (AvgIpc) is 3.11. The lowest BCUT2D eigenvalue weighted by atomic mass is 9.98. The van der Waals surface area contributed by atoms with E-state index in [1.54, 1.807) is 6.08 Å². The fourth-order valence-corrected chi connectivity index (χ4v) is 4.33. The van der Waals surface area contributed by atoms with Crippen LogP contribution in [0.4, 0.5) is 0 Å². The molecule has 0 amide bonds. The van der Waals surface area contributed by atoms with E-state index in [1.807, 2.05) is 24.3 Å². The highest BCUT2D eigenvalue weighted by atomic mass is 32.2. The third-order valence-corrected chi connectivity index (χ3v) is 6.04. The highest BCUT2D eigenvalue weighted by molar-refractivity contribution is 7.93. The molecule has 1 saturated heterocycles. The van der Waals surface area contributed by atoms with E-state index < -0.39 is 10.0 Å². The van der Waals surface area contributed by atoms with Gasteiger partial charge >= 0.3 is 0 Å². The number of nitrogens with one attached hydrogen (secondary N) is 1. The monoisotopic (exact) mass is 351 g/mol. The molecule has 0 bridgehead atoms. The van der Waals surface area contributed by atoms with Gasteiger partial charge in [0.15, 0.2) is 0 Å². The van der Waals surface area contributed by atoms with Crippen LogP contribution in [0.15, 0.2) is 29.2 Å². The fraction of sp³-hybridized carbons (Fsp3) is 0.556. The van der Waals surface area contributed by atoms with Crippen molar-refractivity contribution in [3.05, 3.63) is 40.3 Å². The molecule has 0 spiro atoms. The Morgan fingerprint density at radius 2 is 2.12 bits per heavy atom. The lowest BCUT2D eigenvalue weighted by Gasteiger charge is -2.17. The number of aryl methyl sites for hydroxylation is 1. The molecule has 0 saturated carbocycles. The van der Waals surface area contributed by atoms with E-state index >= 15 is 0 Å². The molecule has 1 aliphatic carbocycles. The van der Waals surface area contributed by atoms with Crippen molar-refractivity contribution in [1.82, 2.24) is 4.72 Å². The van der Waals surface area contributed by atoms with Crippen LogP contribution < -0.4 is 4.72 Å². The number of fused-ring (bicyclic) bond motifs is 1. The van der Waals surface area contributed by atoms with Gasteiger partial charge in [0, 0.05) is 19.8 Å². The van der Waals surface area contributed by atoms with Crippen molar-refractivity contribution in [2.24, 2.45) is 0 Å². The van der Waals surface area contributed by atoms with Crippen molar-refractivity contribution in [3.63, 3.8) is 0 Å². The average molecular weight is 351 g/mol. The van der Waals surface area contributed by atoms with Crippen LogP contribution in [0, 0.1) is 0 Å². The van der Waals surface area contributed by atoms with Crippen LogP contribution in [0.5, 0.6) is 0 Å². The first kappa shape index (κ1) is 17.6. The molecule has 3 rings (SSSR count). The predicted octanol–water partition coefficient (Wildman–Crippen LogP) is 2.48. The summed E-state index contributed by atoms with van der Waals surface area (Å²) >= 11 is 0. The summed E-state index contributed by atoms with van der Waals surface area (Å²) in [6.07, 6.45) is 6.16. The Morgan fingerprint density at radius 3 is 2.96 bits per heavy atom. The van der Waals surface area contributed by atoms with Crippen molar-refractivity contribution in [3.8, 4) is 0 Å². The summed E-state index contributed by atoms with van der Waals surface area (Å²) in [4.78, 5) is 0.474. The Kier molecular flexibility index (Phi) is 6.05. The predicted molar refractivity (Wildman–Crippen MR) is 94.1 cm³/mol. The zero-order valence-electron chi connectivity index (χ0n) is 13.9. The molecular formula is C18H25NO4S. The molecule has 0 radical (unpaired) electrons. The van der Waals surface area contributed by atoms with Gasteiger partial charge in [-0.15, -0.1) is 0 Å². The van der Waals surface area contributed by atoms with E-state index in [1.165, 1.54) is 5.56 Å². The number of allylic oxidation sites excluding steroid dienone is 1. The molecule has 1 aliphatic heterocycles. The topological polar surface area (TPSA) is 64.6 Å². The zero-order chi connectivity index (χ0) is 16.8. The summed E-state index contributed by atoms with van der Waals surface area (Å²) in [6, 6.07) is 7.93. The summed E-state index contributed by atoms with van der Waals surface area (Å²) in [6.45, 7) is 2.37. The number of hydrogen-bond donors (Lipinski definition) is 1. The molecule has 5 nitrogen and oxygen atoms in total. The van der Waals surface area contributed by atoms with Crippen molar-refractivity contribution < 1.29 is 17.9 Å². The molecule has 1 unspecified atom stereocenters. The molecule has 6 heteroatoms. The normalized spacial score (nSPS) is 20.7. The molecule has 132 valence electrons. The van der Waals surface area contributed by atoms with Crippen LogP contribution in [0.1, 0.15) is 36.8 Å². The van der Waals surface area contributed by atoms with Gasteiger partial charge in [-0.3, -0.25) is 0 Å². The second-order valence-corrected chi connectivity index (χ2v) is 8.09. The maximum atomic E-state index is 12.4. The van der Waals surface area contributed by atoms with Crippen LogP contribution in [-0.2, 0) is 25.9 Å². The van der Waals surface area contributed by atoms with Gasteiger partial charge in [0.1, 0.15) is 0 Å². The molecule has 2 aliphatic rings. The fourth-order valence-electron chi connectivity index (χ4n) is 3.08. The summed E-state index contributed by atoms with van der Waals surface area (Å²) in [5, 5.41) is 0. The Morgan fingerprint density at radius 1 is 1.25 bits per heavy atom. The van der Waals surface area contributed by atoms with E-state index in [2.05, 4.69) is 4.72 Å². The van der Waals surface area contributed by atoms with Gasteiger partial charge in [-0.25, -0.2) is 13.1 Å². The maximum Gasteiger partial charge on any atom is 0.236 e. The van der Waals surface area contributed by atoms with Crippen LogP contribution >= 0.6 is 0 Å². The molecule has 24 heavy (non-hydrogen) atoms. The molecule has 1 heterocycles. The van der Waals surface area contributed by atoms with Gasteiger partial charge in [-0.2, -0.15) is 0 Å². The molecule has 1 aromatic rings. The van der Waals surface area contributed by atoms with E-state index in [0.29, 0.717) is 37.5 Å². The van der Waals surface area contributed by atoms with Crippen molar-refractivity contribution >= 4 is 16.1 Å². The Bertz CT molecular complexity index is 678. The second-order valence-electron chi connectivity index (χ2n) is 6.27. The summed E-state index contributed by atoms with van der Waals surface area (Å²) in [5.41, 5.74) is 2.21. The largest absolute Gasteiger partial charge is 0.379 e. The molecule has 1 atom stereocenters. The Hall–Kier alpha value is -1.21. The van der Waals surface area contributed by atoms with Crippen LogP contribution in [0.2, 0.25) is 0 Å². The Labute approximate surface area is 144 Å². The number of rotatable bonds is 8. The first-order valence-electron chi connectivity index (χ1n) is 8.63. The molecule has 0 aromatic heterocycles. The molecular weight excluding hydrogens is 326 g/mol. The minimum atomic E-state index is -3.40. The quantitative estimate of drug-likeness (QED) is 0.731. The first-order chi connectivity index (χ1) is 11.6. The maximum absolute atomic E-state index is 12.4. The third-order valence-electron chi connectivity index (χ3n) is 4.44. The van der Waals surface area contributed by atoms with E-state index in [4.69, 9.17) is 9.47 Å². The van der Waals surface area contributed by atoms with Crippen molar-refractivity contribution in [2.75, 3.05) is 26.4 Å². The zero-order valence-corrected chi connectivity index (χ0v) is 14.7. The second kappa shape index (κ2) is 8.25. The van der Waals surface area contributed by atoms with Crippen molar-refractivity contribution in [1.29, 1.82) is 0 Å². The van der Waals surface area contributed by atoms with Gasteiger partial charge in [0.2, 0.25) is 10.0 Å². The number of hydrogen-bond acceptors (Lipinski definition) is 4. The molecule has 1 aromatic carbocycles. The lowest BCUT2D eigenvalue weighted by molar-refractivity contribution is 0.0169. The highest BCUT2D eigenvalue weighted by Gasteiger charge is 2.21. The number of benzene rings is 1. The van der Waals surface area contributed by atoms with Gasteiger partial charge in [-0.1, -0.05) is 24.3 Å². The minimum absolute atomic E-state index is 0.217. The molecule has 1 N–H and O–H groups in total. The van der Waals surface area contributed by atoms with Crippen LogP contribution in [0.3, 0.4) is 0 Å². The van der Waals surface area contributed by atoms with E-state index in [9.17, 15) is 8.42 Å². The van der Waals surface area contributed by atoms with Crippen LogP contribution in [-0.4, -0.2) is 40.9 Å². The van der Waals surface area contributed by atoms with Gasteiger partial charge in [-0.05, 0) is 49.3 Å². The summed E-state index contributed by atoms with van der Waals surface area (Å²) in [5.74, 6) is 0. The van der Waals surface area contributed by atoms with Crippen LogP contribution in [0.25, 0.3) is 6.08 Å². The van der Waals surface area contributed by atoms with Crippen molar-refractivity contribution in [2.45, 2.75) is 38.2 Å². The van der Waals surface area contributed by atoms with E-state index in [-0.39, 0.29) is 6.10 Å². The number of ether oxygens (including phenoxy) is 2. The molecule has 1 fully saturated rings. The standard InChI is InChI=1S/C18H25NO4S/c20-24(21,18-9-8-15-5-1-2-6-16(15)13-18)19-10-4-11-22-14-17-7-3-12-23-17/h1-2,5-6,13,17,19H,3-4,7-12,14H2. The highest BCUT2D eigenvalue weighted by Crippen LogP contribution is 2.26. The third kappa shape index (κ3) is 4.66. The SMILES string of the molecule is O=S(=O)(NCCCOCC1CCCO1)C1=Cc2ccccc2CC1. The van der Waals surface area contributed by atoms with Gasteiger partial charge in [0.25, 0.3) is 0 Å². The van der Waals surface area contributed by atoms with Gasteiger partial charge < -0.3 is 9.47 Å².